The second kappa shape index (κ2) is 21.9. The van der Waals surface area contributed by atoms with E-state index in [0.29, 0.717) is 66.8 Å². The molecule has 9 aromatic rings. The van der Waals surface area contributed by atoms with E-state index in [1.807, 2.05) is 60.7 Å². The van der Waals surface area contributed by atoms with Crippen LogP contribution in [0.4, 0.5) is 0 Å². The van der Waals surface area contributed by atoms with Crippen molar-refractivity contribution in [2.24, 2.45) is 0 Å². The van der Waals surface area contributed by atoms with E-state index in [1.54, 1.807) is 56.9 Å². The van der Waals surface area contributed by atoms with Crippen LogP contribution in [0.25, 0.3) is 64.6 Å². The topological polar surface area (TPSA) is 195 Å². The summed E-state index contributed by atoms with van der Waals surface area (Å²) in [6, 6.07) is 27.5. The lowest BCUT2D eigenvalue weighted by molar-refractivity contribution is 0.355. The van der Waals surface area contributed by atoms with Crippen LogP contribution in [0, 0.1) is 0 Å². The quantitative estimate of drug-likeness (QED) is 0.0478. The summed E-state index contributed by atoms with van der Waals surface area (Å²) < 4.78 is 43.7. The Balaban J connectivity index is 0.000000177. The average molecular weight is 1120 g/mol. The van der Waals surface area contributed by atoms with Crippen LogP contribution in [-0.2, 0) is 0 Å². The number of hydrogen-bond donors (Lipinski definition) is 6. The van der Waals surface area contributed by atoms with Crippen LogP contribution in [0.1, 0.15) is 0 Å². The predicted octanol–water partition coefficient (Wildman–Crippen LogP) is 12.4. The summed E-state index contributed by atoms with van der Waals surface area (Å²) in [6.07, 6.45) is 0. The Labute approximate surface area is 415 Å². The van der Waals surface area contributed by atoms with Gasteiger partial charge in [-0.2, -0.15) is 0 Å². The summed E-state index contributed by atoms with van der Waals surface area (Å²) in [4.78, 5) is 0. The minimum absolute atomic E-state index is 0.271. The Kier molecular flexibility index (Phi) is 16.3. The van der Waals surface area contributed by atoms with Crippen molar-refractivity contribution in [3.63, 3.8) is 0 Å². The molecule has 0 bridgehead atoms. The number of rotatable bonds is 8. The van der Waals surface area contributed by atoms with Gasteiger partial charge in [0.1, 0.15) is 0 Å². The molecule has 0 amide bonds. The maximum Gasteiger partial charge on any atom is 0.369 e. The minimum Gasteiger partial charge on any atom is -0.504 e. The highest BCUT2D eigenvalue weighted by molar-refractivity contribution is 9.69. The molecule has 9 aromatic carbocycles. The third-order valence-corrected chi connectivity index (χ3v) is 10.9. The van der Waals surface area contributed by atoms with Gasteiger partial charge in [-0.3, -0.25) is 0 Å². The van der Waals surface area contributed by atoms with Gasteiger partial charge in [0.25, 0.3) is 0 Å². The van der Waals surface area contributed by atoms with Crippen LogP contribution in [-0.4, -0.2) is 90.7 Å². The molecule has 14 nitrogen and oxygen atoms in total. The normalized spacial score (nSPS) is 10.6. The average Bonchev–Trinajstić information content (AvgIpc) is 3.34. The Hall–Kier alpha value is -6.76. The van der Waals surface area contributed by atoms with E-state index in [2.05, 4.69) is 47.3 Å². The lowest BCUT2D eigenvalue weighted by atomic mass is 9.93. The molecule has 0 aliphatic carbocycles. The Morgan fingerprint density at radius 2 is 0.397 bits per heavy atom. The van der Waals surface area contributed by atoms with Crippen LogP contribution >= 0.6 is 47.3 Å². The van der Waals surface area contributed by atoms with Crippen molar-refractivity contribution in [2.45, 2.75) is 0 Å². The number of aromatic hydroxyl groups is 6. The van der Waals surface area contributed by atoms with Crippen LogP contribution < -0.4 is 37.9 Å². The Bertz CT molecular complexity index is 2740. The largest absolute Gasteiger partial charge is 0.504 e. The Morgan fingerprint density at radius 1 is 0.265 bits per heavy atom. The molecule has 68 heavy (non-hydrogen) atoms. The SMILES string of the molecule is BrB(Br)Br.COc1cc2c3cc(OC)c(OC)cc3c3cc(OC)c(OC)cc3c2cc1OC.COc1ccccc1OC.Oc1cc2c3cc(O)c(O)cc3c3cc(O)c(O)cc3c2cc1O. The van der Waals surface area contributed by atoms with Gasteiger partial charge in [0.2, 0.25) is 0 Å². The molecule has 0 unspecified atom stereocenters. The van der Waals surface area contributed by atoms with E-state index < -0.39 is 0 Å². The molecule has 6 N–H and O–H groups in total. The van der Waals surface area contributed by atoms with Crippen molar-refractivity contribution in [3.8, 4) is 80.5 Å². The van der Waals surface area contributed by atoms with Crippen molar-refractivity contribution in [2.75, 3.05) is 56.9 Å². The summed E-state index contributed by atoms with van der Waals surface area (Å²) in [6.45, 7) is 0. The number of phenols is 6. The fourth-order valence-corrected chi connectivity index (χ4v) is 7.83. The van der Waals surface area contributed by atoms with Gasteiger partial charge >= 0.3 is 3.18 Å². The maximum atomic E-state index is 9.82. The fraction of sp³-hybridized carbons (Fsp3) is 0.160. The minimum atomic E-state index is -0.335. The molecule has 0 aromatic heterocycles. The standard InChI is InChI=1S/C24H24O6.C18H12O6.C8H10O2.BBr3/c1-25-19-7-13-14(8-20(19)26-2)16-10-22(28-4)24(30-6)12-18(16)17-11-23(29-5)21(27-3)9-15(13)17;19-13-1-7-8(2-14(13)20)10-4-17(23)18(24)6-12(10)11-5-16(22)15(21)3-9(7)11;1-9-7-5-3-4-6-8(7)10-2;2-1(3)4/h7-12H,1-6H3;1-6,19-24H;3-6H,1-2H3;. The second-order valence-electron chi connectivity index (χ2n) is 14.5. The smallest absolute Gasteiger partial charge is 0.369 e. The van der Waals surface area contributed by atoms with Crippen molar-refractivity contribution >= 4 is 115 Å². The summed E-state index contributed by atoms with van der Waals surface area (Å²) >= 11 is 9.31. The zero-order chi connectivity index (χ0) is 49.6. The van der Waals surface area contributed by atoms with Crippen molar-refractivity contribution in [3.05, 3.63) is 97.1 Å². The zero-order valence-corrected chi connectivity index (χ0v) is 42.7. The Morgan fingerprint density at radius 3 is 0.529 bits per heavy atom. The molecule has 0 aliphatic rings. The highest BCUT2D eigenvalue weighted by Crippen LogP contribution is 2.48. The number of ether oxygens (including phenoxy) is 8. The molecule has 18 heteroatoms. The van der Waals surface area contributed by atoms with Crippen LogP contribution in [0.5, 0.6) is 80.5 Å². The number of fused-ring (bicyclic) bond motifs is 12. The van der Waals surface area contributed by atoms with Gasteiger partial charge in [0.05, 0.1) is 56.9 Å². The first-order valence-electron chi connectivity index (χ1n) is 20.2. The summed E-state index contributed by atoms with van der Waals surface area (Å²) in [7, 11) is 13.0. The monoisotopic (exact) mass is 1120 g/mol. The third-order valence-electron chi connectivity index (χ3n) is 10.9. The number of phenolic OH excluding ortho intramolecular Hbond substituents is 6. The van der Waals surface area contributed by atoms with Gasteiger partial charge in [0, 0.05) is 0 Å². The van der Waals surface area contributed by atoms with E-state index >= 15 is 0 Å². The van der Waals surface area contributed by atoms with Crippen LogP contribution in [0.15, 0.2) is 97.1 Å². The van der Waals surface area contributed by atoms with Gasteiger partial charge in [-0.05, 0) is 150 Å². The van der Waals surface area contributed by atoms with Crippen molar-refractivity contribution < 1.29 is 68.5 Å². The molecule has 0 saturated carbocycles. The molecule has 9 rings (SSSR count). The van der Waals surface area contributed by atoms with Crippen LogP contribution in [0.3, 0.4) is 0 Å². The molecule has 0 radical (unpaired) electrons. The van der Waals surface area contributed by atoms with E-state index in [1.165, 1.54) is 36.4 Å². The number of halogens is 3. The summed E-state index contributed by atoms with van der Waals surface area (Å²) in [5.41, 5.74) is 0. The molecule has 0 saturated heterocycles. The van der Waals surface area contributed by atoms with E-state index in [-0.39, 0.29) is 37.7 Å². The molecule has 0 spiro atoms. The van der Waals surface area contributed by atoms with Crippen molar-refractivity contribution in [1.29, 1.82) is 0 Å². The molecule has 0 aliphatic heterocycles. The first-order valence-corrected chi connectivity index (χ1v) is 22.9. The lowest BCUT2D eigenvalue weighted by Gasteiger charge is -2.18. The van der Waals surface area contributed by atoms with E-state index in [4.69, 9.17) is 37.9 Å². The first kappa shape index (κ1) is 50.7. The first-order chi connectivity index (χ1) is 32.6. The van der Waals surface area contributed by atoms with Gasteiger partial charge in [-0.1, -0.05) is 12.1 Å². The van der Waals surface area contributed by atoms with Gasteiger partial charge in [0.15, 0.2) is 80.5 Å². The highest BCUT2D eigenvalue weighted by Gasteiger charge is 2.20. The number of hydrogen-bond acceptors (Lipinski definition) is 14. The fourth-order valence-electron chi connectivity index (χ4n) is 7.83. The molecular formula is C50H46BBr3O14. The third kappa shape index (κ3) is 10.2. The molecule has 0 heterocycles. The van der Waals surface area contributed by atoms with Gasteiger partial charge in [-0.15, -0.1) is 47.3 Å². The van der Waals surface area contributed by atoms with E-state index in [9.17, 15) is 30.6 Å². The zero-order valence-electron chi connectivity index (χ0n) is 37.9. The molecule has 0 atom stereocenters. The molecule has 354 valence electrons. The van der Waals surface area contributed by atoms with Crippen LogP contribution in [0.2, 0.25) is 0 Å². The summed E-state index contributed by atoms with van der Waals surface area (Å²) in [5, 5.41) is 68.0. The second-order valence-corrected chi connectivity index (χ2v) is 21.0. The highest BCUT2D eigenvalue weighted by atomic mass is 79.9. The number of methoxy groups -OCH3 is 8. The number of benzene rings is 9. The number of para-hydroxylation sites is 2. The molecular weight excluding hydrogens is 1080 g/mol. The maximum absolute atomic E-state index is 9.82. The van der Waals surface area contributed by atoms with Gasteiger partial charge in [-0.25, -0.2) is 0 Å². The van der Waals surface area contributed by atoms with Gasteiger partial charge < -0.3 is 68.5 Å². The van der Waals surface area contributed by atoms with E-state index in [0.717, 1.165) is 43.8 Å². The van der Waals surface area contributed by atoms with Crippen molar-refractivity contribution in [1.82, 2.24) is 0 Å². The molecule has 0 fully saturated rings. The predicted molar refractivity (Wildman–Crippen MR) is 279 cm³/mol. The summed E-state index contributed by atoms with van der Waals surface area (Å²) in [5.74, 6) is 3.45. The lowest BCUT2D eigenvalue weighted by Crippen LogP contribution is -1.95.